The fourth-order valence-electron chi connectivity index (χ4n) is 3.61. The summed E-state index contributed by atoms with van der Waals surface area (Å²) in [7, 11) is -3.77. The summed E-state index contributed by atoms with van der Waals surface area (Å²) < 4.78 is 40.5. The summed E-state index contributed by atoms with van der Waals surface area (Å²) in [6, 6.07) is 9.71. The highest BCUT2D eigenvalue weighted by Crippen LogP contribution is 2.31. The maximum Gasteiger partial charge on any atom is 0.244 e. The zero-order valence-corrected chi connectivity index (χ0v) is 19.0. The molecule has 0 N–H and O–H groups in total. The number of hydrogen-bond donors (Lipinski definition) is 0. The van der Waals surface area contributed by atoms with Crippen LogP contribution in [0.1, 0.15) is 11.1 Å². The molecule has 2 aromatic carbocycles. The molecule has 0 spiro atoms. The van der Waals surface area contributed by atoms with Crippen molar-refractivity contribution in [3.63, 3.8) is 0 Å². The number of piperazine rings is 1. The number of thiazole rings is 1. The van der Waals surface area contributed by atoms with Crippen molar-refractivity contribution in [1.29, 1.82) is 0 Å². The maximum absolute atomic E-state index is 13.3. The lowest BCUT2D eigenvalue weighted by atomic mass is 10.1. The van der Waals surface area contributed by atoms with E-state index in [0.29, 0.717) is 26.2 Å². The summed E-state index contributed by atoms with van der Waals surface area (Å²) in [5, 5.41) is 2.81. The highest BCUT2D eigenvalue weighted by molar-refractivity contribution is 7.89. The summed E-state index contributed by atoms with van der Waals surface area (Å²) in [6.07, 6.45) is 0. The van der Waals surface area contributed by atoms with Gasteiger partial charge >= 0.3 is 0 Å². The van der Waals surface area contributed by atoms with Crippen molar-refractivity contribution in [2.45, 2.75) is 18.7 Å². The summed E-state index contributed by atoms with van der Waals surface area (Å²) in [6.45, 7) is 5.81. The Labute approximate surface area is 184 Å². The summed E-state index contributed by atoms with van der Waals surface area (Å²) in [5.41, 5.74) is 4.40. The van der Waals surface area contributed by atoms with Gasteiger partial charge in [-0.3, -0.25) is 0 Å². The Morgan fingerprint density at radius 2 is 1.70 bits per heavy atom. The van der Waals surface area contributed by atoms with Gasteiger partial charge < -0.3 is 4.90 Å². The van der Waals surface area contributed by atoms with E-state index in [1.54, 1.807) is 11.3 Å². The molecule has 0 radical (unpaired) electrons. The number of hydrogen-bond acceptors (Lipinski definition) is 5. The molecule has 1 aromatic heterocycles. The number of nitrogens with zero attached hydrogens (tertiary/aromatic N) is 3. The molecule has 0 atom stereocenters. The van der Waals surface area contributed by atoms with E-state index in [0.717, 1.165) is 28.5 Å². The molecule has 2 heterocycles. The van der Waals surface area contributed by atoms with Gasteiger partial charge in [-0.15, -0.1) is 11.3 Å². The van der Waals surface area contributed by atoms with Crippen LogP contribution in [0.3, 0.4) is 0 Å². The molecule has 1 aliphatic rings. The Hall–Kier alpha value is -2.00. The zero-order chi connectivity index (χ0) is 21.5. The average molecular weight is 466 g/mol. The van der Waals surface area contributed by atoms with Gasteiger partial charge in [-0.1, -0.05) is 28.8 Å². The minimum atomic E-state index is -3.77. The number of benzene rings is 2. The Balaban J connectivity index is 1.48. The predicted molar refractivity (Wildman–Crippen MR) is 119 cm³/mol. The zero-order valence-electron chi connectivity index (χ0n) is 16.6. The smallest absolute Gasteiger partial charge is 0.244 e. The van der Waals surface area contributed by atoms with E-state index in [-0.39, 0.29) is 9.92 Å². The Bertz CT molecular complexity index is 1170. The molecule has 0 saturated carbocycles. The molecular weight excluding hydrogens is 445 g/mol. The van der Waals surface area contributed by atoms with Crippen LogP contribution in [-0.4, -0.2) is 43.9 Å². The first-order valence-electron chi connectivity index (χ1n) is 9.48. The third-order valence-electron chi connectivity index (χ3n) is 5.03. The van der Waals surface area contributed by atoms with Gasteiger partial charge in [0.05, 0.1) is 10.7 Å². The lowest BCUT2D eigenvalue weighted by Gasteiger charge is -2.33. The van der Waals surface area contributed by atoms with Crippen LogP contribution in [0.15, 0.2) is 46.7 Å². The molecule has 0 aliphatic carbocycles. The fourth-order valence-corrected chi connectivity index (χ4v) is 6.42. The van der Waals surface area contributed by atoms with E-state index in [1.165, 1.54) is 21.5 Å². The van der Waals surface area contributed by atoms with Crippen molar-refractivity contribution >= 4 is 38.1 Å². The van der Waals surface area contributed by atoms with Gasteiger partial charge in [-0.2, -0.15) is 4.31 Å². The van der Waals surface area contributed by atoms with Crippen molar-refractivity contribution in [3.8, 4) is 11.3 Å². The molecule has 4 rings (SSSR count). The van der Waals surface area contributed by atoms with Crippen LogP contribution in [0, 0.1) is 19.7 Å². The number of halogens is 2. The number of anilines is 1. The topological polar surface area (TPSA) is 53.5 Å². The van der Waals surface area contributed by atoms with Crippen molar-refractivity contribution < 1.29 is 12.8 Å². The van der Waals surface area contributed by atoms with E-state index in [2.05, 4.69) is 36.9 Å². The largest absolute Gasteiger partial charge is 0.345 e. The third-order valence-corrected chi connectivity index (χ3v) is 8.31. The van der Waals surface area contributed by atoms with Gasteiger partial charge in [0.1, 0.15) is 10.7 Å². The summed E-state index contributed by atoms with van der Waals surface area (Å²) in [4.78, 5) is 6.80. The van der Waals surface area contributed by atoms with Crippen molar-refractivity contribution in [2.75, 3.05) is 31.1 Å². The van der Waals surface area contributed by atoms with Crippen molar-refractivity contribution in [1.82, 2.24) is 9.29 Å². The molecule has 0 amide bonds. The summed E-state index contributed by atoms with van der Waals surface area (Å²) >= 11 is 7.53. The molecule has 158 valence electrons. The van der Waals surface area contributed by atoms with E-state index in [1.807, 2.05) is 5.38 Å². The molecule has 3 aromatic rings. The van der Waals surface area contributed by atoms with Crippen LogP contribution in [-0.2, 0) is 10.0 Å². The highest BCUT2D eigenvalue weighted by atomic mass is 35.5. The van der Waals surface area contributed by atoms with Crippen LogP contribution in [0.5, 0.6) is 0 Å². The number of rotatable bonds is 4. The van der Waals surface area contributed by atoms with Gasteiger partial charge in [0.15, 0.2) is 5.13 Å². The fraction of sp³-hybridized carbons (Fsp3) is 0.286. The van der Waals surface area contributed by atoms with Crippen LogP contribution in [0.4, 0.5) is 9.52 Å². The van der Waals surface area contributed by atoms with E-state index < -0.39 is 15.8 Å². The second-order valence-corrected chi connectivity index (χ2v) is 10.5. The predicted octanol–water partition coefficient (Wildman–Crippen LogP) is 4.73. The minimum absolute atomic E-state index is 0.0645. The quantitative estimate of drug-likeness (QED) is 0.559. The highest BCUT2D eigenvalue weighted by Gasteiger charge is 2.31. The number of aryl methyl sites for hydroxylation is 2. The first kappa shape index (κ1) is 21.2. The van der Waals surface area contributed by atoms with Gasteiger partial charge in [0, 0.05) is 37.1 Å². The first-order valence-corrected chi connectivity index (χ1v) is 12.2. The first-order chi connectivity index (χ1) is 14.2. The maximum atomic E-state index is 13.3. The average Bonchev–Trinajstić information content (AvgIpc) is 3.17. The standard InChI is InChI=1S/C21H21ClFN3O2S2/c1-14-9-15(2)11-16(10-14)19-13-29-21(24-19)25-5-7-26(8-6-25)30(27,28)20-4-3-17(23)12-18(20)22/h3-4,9-13H,5-8H2,1-2H3. The Morgan fingerprint density at radius 1 is 1.03 bits per heavy atom. The lowest BCUT2D eigenvalue weighted by Crippen LogP contribution is -2.48. The molecule has 0 unspecified atom stereocenters. The van der Waals surface area contributed by atoms with Crippen LogP contribution >= 0.6 is 22.9 Å². The van der Waals surface area contributed by atoms with E-state index in [4.69, 9.17) is 16.6 Å². The second kappa shape index (κ2) is 8.26. The molecule has 30 heavy (non-hydrogen) atoms. The molecule has 9 heteroatoms. The monoisotopic (exact) mass is 465 g/mol. The second-order valence-electron chi connectivity index (χ2n) is 7.36. The number of sulfonamides is 1. The van der Waals surface area contributed by atoms with Crippen molar-refractivity contribution in [3.05, 3.63) is 63.7 Å². The number of aromatic nitrogens is 1. The van der Waals surface area contributed by atoms with Crippen LogP contribution in [0.2, 0.25) is 5.02 Å². The van der Waals surface area contributed by atoms with Gasteiger partial charge in [0.25, 0.3) is 0 Å². The van der Waals surface area contributed by atoms with Gasteiger partial charge in [0.2, 0.25) is 10.0 Å². The Morgan fingerprint density at radius 3 is 2.33 bits per heavy atom. The van der Waals surface area contributed by atoms with Gasteiger partial charge in [-0.05, 0) is 44.2 Å². The normalized spacial score (nSPS) is 15.5. The molecule has 1 aliphatic heterocycles. The SMILES string of the molecule is Cc1cc(C)cc(-c2csc(N3CCN(S(=O)(=O)c4ccc(F)cc4Cl)CC3)n2)c1. The van der Waals surface area contributed by atoms with Crippen molar-refractivity contribution in [2.24, 2.45) is 0 Å². The summed E-state index contributed by atoms with van der Waals surface area (Å²) in [5.74, 6) is -0.563. The lowest BCUT2D eigenvalue weighted by molar-refractivity contribution is 0.384. The molecule has 1 saturated heterocycles. The van der Waals surface area contributed by atoms with E-state index >= 15 is 0 Å². The molecule has 0 bridgehead atoms. The molecule has 1 fully saturated rings. The van der Waals surface area contributed by atoms with E-state index in [9.17, 15) is 12.8 Å². The minimum Gasteiger partial charge on any atom is -0.345 e. The molecular formula is C21H21ClFN3O2S2. The third kappa shape index (κ3) is 4.23. The van der Waals surface area contributed by atoms with Gasteiger partial charge in [-0.25, -0.2) is 17.8 Å². The van der Waals surface area contributed by atoms with Crippen LogP contribution in [0.25, 0.3) is 11.3 Å². The molecule has 5 nitrogen and oxygen atoms in total. The van der Waals surface area contributed by atoms with Crippen LogP contribution < -0.4 is 4.90 Å². The Kier molecular flexibility index (Phi) is 5.85.